The number of hydrazine groups is 1. The van der Waals surface area contributed by atoms with Gasteiger partial charge in [-0.25, -0.2) is 9.82 Å². The average molecular weight is 277 g/mol. The highest BCUT2D eigenvalue weighted by atomic mass is 19.1. The number of nitrogens with one attached hydrogen (secondary N) is 1. The summed E-state index contributed by atoms with van der Waals surface area (Å²) in [6, 6.07) is 7.88. The van der Waals surface area contributed by atoms with Gasteiger partial charge in [0.1, 0.15) is 17.3 Å². The van der Waals surface area contributed by atoms with E-state index in [9.17, 15) is 4.39 Å². The van der Waals surface area contributed by atoms with E-state index in [1.807, 2.05) is 6.07 Å². The highest BCUT2D eigenvalue weighted by Gasteiger charge is 2.18. The molecule has 0 aliphatic rings. The molecule has 0 saturated carbocycles. The third kappa shape index (κ3) is 2.87. The van der Waals surface area contributed by atoms with Crippen molar-refractivity contribution in [1.82, 2.24) is 10.4 Å². The summed E-state index contributed by atoms with van der Waals surface area (Å²) in [5.41, 5.74) is 4.04. The van der Waals surface area contributed by atoms with Crippen molar-refractivity contribution in [2.45, 2.75) is 6.04 Å². The Morgan fingerprint density at radius 2 is 2.00 bits per heavy atom. The molecule has 0 radical (unpaired) electrons. The molecule has 2 aromatic rings. The molecule has 0 aliphatic heterocycles. The fourth-order valence-electron chi connectivity index (χ4n) is 1.95. The minimum Gasteiger partial charge on any atom is -0.497 e. The lowest BCUT2D eigenvalue weighted by Crippen LogP contribution is -2.29. The zero-order chi connectivity index (χ0) is 14.5. The van der Waals surface area contributed by atoms with Crippen LogP contribution in [-0.2, 0) is 0 Å². The number of rotatable bonds is 5. The molecule has 0 aliphatic carbocycles. The molecule has 1 aromatic carbocycles. The van der Waals surface area contributed by atoms with Gasteiger partial charge < -0.3 is 9.47 Å². The lowest BCUT2D eigenvalue weighted by Gasteiger charge is -2.19. The van der Waals surface area contributed by atoms with Gasteiger partial charge in [0.2, 0.25) is 0 Å². The summed E-state index contributed by atoms with van der Waals surface area (Å²) in [6.07, 6.45) is 1.15. The van der Waals surface area contributed by atoms with E-state index < -0.39 is 11.9 Å². The van der Waals surface area contributed by atoms with E-state index in [1.54, 1.807) is 32.4 Å². The Bertz CT molecular complexity index is 575. The van der Waals surface area contributed by atoms with E-state index in [4.69, 9.17) is 15.3 Å². The van der Waals surface area contributed by atoms with Crippen molar-refractivity contribution in [1.29, 1.82) is 0 Å². The van der Waals surface area contributed by atoms with Crippen LogP contribution in [0, 0.1) is 5.82 Å². The van der Waals surface area contributed by atoms with Gasteiger partial charge in [-0.1, -0.05) is 0 Å². The van der Waals surface area contributed by atoms with Crippen molar-refractivity contribution in [3.05, 3.63) is 53.6 Å². The number of pyridine rings is 1. The van der Waals surface area contributed by atoms with E-state index in [0.717, 1.165) is 11.8 Å². The van der Waals surface area contributed by atoms with E-state index >= 15 is 0 Å². The predicted molar refractivity (Wildman–Crippen MR) is 72.9 cm³/mol. The predicted octanol–water partition coefficient (Wildman–Crippen LogP) is 1.79. The van der Waals surface area contributed by atoms with Gasteiger partial charge >= 0.3 is 0 Å². The zero-order valence-electron chi connectivity index (χ0n) is 11.3. The Labute approximate surface area is 116 Å². The topological polar surface area (TPSA) is 69.4 Å². The molecule has 1 aromatic heterocycles. The van der Waals surface area contributed by atoms with Gasteiger partial charge in [0.25, 0.3) is 0 Å². The summed E-state index contributed by atoms with van der Waals surface area (Å²) in [6.45, 7) is 0. The van der Waals surface area contributed by atoms with Crippen LogP contribution in [0.25, 0.3) is 0 Å². The molecule has 0 bridgehead atoms. The Morgan fingerprint density at radius 1 is 1.20 bits per heavy atom. The number of benzene rings is 1. The van der Waals surface area contributed by atoms with Crippen LogP contribution in [0.1, 0.15) is 17.3 Å². The molecule has 106 valence electrons. The Morgan fingerprint density at radius 3 is 2.55 bits per heavy atom. The van der Waals surface area contributed by atoms with Crippen LogP contribution in [0.15, 0.2) is 36.5 Å². The smallest absolute Gasteiger partial charge is 0.141 e. The molecule has 1 unspecified atom stereocenters. The lowest BCUT2D eigenvalue weighted by molar-refractivity contribution is 0.387. The van der Waals surface area contributed by atoms with Crippen molar-refractivity contribution in [2.75, 3.05) is 14.2 Å². The fourth-order valence-corrected chi connectivity index (χ4v) is 1.95. The molecule has 0 spiro atoms. The molecular weight excluding hydrogens is 261 g/mol. The monoisotopic (exact) mass is 277 g/mol. The fraction of sp³-hybridized carbons (Fsp3) is 0.214. The minimum absolute atomic E-state index is 0.397. The molecule has 1 atom stereocenters. The molecule has 3 N–H and O–H groups in total. The van der Waals surface area contributed by atoms with E-state index in [2.05, 4.69) is 10.4 Å². The first-order valence-corrected chi connectivity index (χ1v) is 5.99. The summed E-state index contributed by atoms with van der Waals surface area (Å²) in [5.74, 6) is 6.49. The number of nitrogens with zero attached hydrogens (tertiary/aromatic N) is 1. The molecular formula is C14H16FN3O2. The molecule has 6 heteroatoms. The molecule has 0 amide bonds. The third-order valence-corrected chi connectivity index (χ3v) is 2.96. The van der Waals surface area contributed by atoms with E-state index in [1.165, 1.54) is 6.07 Å². The summed E-state index contributed by atoms with van der Waals surface area (Å²) >= 11 is 0. The second-order valence-electron chi connectivity index (χ2n) is 4.11. The number of ether oxygens (including phenoxy) is 2. The molecule has 0 saturated heterocycles. The first-order chi connectivity index (χ1) is 9.69. The Hall–Kier alpha value is -2.18. The largest absolute Gasteiger partial charge is 0.497 e. The summed E-state index contributed by atoms with van der Waals surface area (Å²) in [4.78, 5) is 4.04. The van der Waals surface area contributed by atoms with Crippen LogP contribution in [0.4, 0.5) is 4.39 Å². The molecule has 20 heavy (non-hydrogen) atoms. The Balaban J connectivity index is 2.43. The minimum atomic E-state index is -0.406. The average Bonchev–Trinajstić information content (AvgIpc) is 2.50. The van der Waals surface area contributed by atoms with Crippen LogP contribution < -0.4 is 20.7 Å². The lowest BCUT2D eigenvalue weighted by atomic mass is 10.0. The van der Waals surface area contributed by atoms with Crippen molar-refractivity contribution in [2.24, 2.45) is 5.84 Å². The van der Waals surface area contributed by atoms with Crippen molar-refractivity contribution in [3.8, 4) is 11.5 Å². The quantitative estimate of drug-likeness (QED) is 0.644. The standard InChI is InChI=1S/C14H16FN3O2/c1-19-10-4-5-11(13(7-10)20-2)14(18-16)12-6-3-9(15)8-17-12/h3-8,14,18H,16H2,1-2H3. The van der Waals surface area contributed by atoms with Gasteiger partial charge in [-0.2, -0.15) is 0 Å². The second-order valence-corrected chi connectivity index (χ2v) is 4.11. The number of aromatic nitrogens is 1. The van der Waals surface area contributed by atoms with Crippen LogP contribution >= 0.6 is 0 Å². The van der Waals surface area contributed by atoms with Gasteiger partial charge in [0.15, 0.2) is 0 Å². The highest BCUT2D eigenvalue weighted by Crippen LogP contribution is 2.31. The van der Waals surface area contributed by atoms with Crippen molar-refractivity contribution >= 4 is 0 Å². The molecule has 5 nitrogen and oxygen atoms in total. The SMILES string of the molecule is COc1ccc(C(NN)c2ccc(F)cn2)c(OC)c1. The van der Waals surface area contributed by atoms with Crippen LogP contribution in [0.5, 0.6) is 11.5 Å². The number of hydrogen-bond acceptors (Lipinski definition) is 5. The first kappa shape index (κ1) is 14.2. The maximum Gasteiger partial charge on any atom is 0.141 e. The summed E-state index contributed by atoms with van der Waals surface area (Å²) in [5, 5.41) is 0. The number of nitrogens with two attached hydrogens (primary N) is 1. The van der Waals surface area contributed by atoms with Crippen LogP contribution in [0.2, 0.25) is 0 Å². The van der Waals surface area contributed by atoms with E-state index in [0.29, 0.717) is 17.2 Å². The van der Waals surface area contributed by atoms with E-state index in [-0.39, 0.29) is 0 Å². The number of methoxy groups -OCH3 is 2. The third-order valence-electron chi connectivity index (χ3n) is 2.96. The second kappa shape index (κ2) is 6.31. The molecule has 2 rings (SSSR count). The molecule has 0 fully saturated rings. The van der Waals surface area contributed by atoms with Gasteiger partial charge in [0.05, 0.1) is 32.2 Å². The van der Waals surface area contributed by atoms with Gasteiger partial charge in [-0.3, -0.25) is 10.8 Å². The first-order valence-electron chi connectivity index (χ1n) is 5.99. The number of halogens is 1. The Kier molecular flexibility index (Phi) is 4.49. The van der Waals surface area contributed by atoms with Crippen molar-refractivity contribution < 1.29 is 13.9 Å². The maximum atomic E-state index is 12.9. The highest BCUT2D eigenvalue weighted by molar-refractivity contribution is 5.45. The van der Waals surface area contributed by atoms with Crippen LogP contribution in [-0.4, -0.2) is 19.2 Å². The van der Waals surface area contributed by atoms with Gasteiger partial charge in [0, 0.05) is 11.6 Å². The van der Waals surface area contributed by atoms with Crippen molar-refractivity contribution in [3.63, 3.8) is 0 Å². The summed E-state index contributed by atoms with van der Waals surface area (Å²) in [7, 11) is 3.14. The van der Waals surface area contributed by atoms with Gasteiger partial charge in [-0.05, 0) is 24.3 Å². The normalized spacial score (nSPS) is 12.0. The molecule has 1 heterocycles. The summed E-state index contributed by atoms with van der Waals surface area (Å²) < 4.78 is 23.4. The zero-order valence-corrected chi connectivity index (χ0v) is 11.3. The number of hydrogen-bond donors (Lipinski definition) is 2. The maximum absolute atomic E-state index is 12.9. The van der Waals surface area contributed by atoms with Crippen LogP contribution in [0.3, 0.4) is 0 Å². The van der Waals surface area contributed by atoms with Gasteiger partial charge in [-0.15, -0.1) is 0 Å².